The van der Waals surface area contributed by atoms with Gasteiger partial charge in [0.15, 0.2) is 5.82 Å². The molecule has 1 fully saturated rings. The minimum Gasteiger partial charge on any atom is -0.326 e. The summed E-state index contributed by atoms with van der Waals surface area (Å²) in [4.78, 5) is 16.2. The molecule has 1 aromatic rings. The highest BCUT2D eigenvalue weighted by Gasteiger charge is 2.26. The molecular weight excluding hydrogens is 190 g/mol. The summed E-state index contributed by atoms with van der Waals surface area (Å²) in [6, 6.07) is 0.262. The second-order valence-electron chi connectivity index (χ2n) is 4.27. The van der Waals surface area contributed by atoms with E-state index in [0.717, 1.165) is 19.4 Å². The quantitative estimate of drug-likeness (QED) is 0.762. The van der Waals surface area contributed by atoms with Gasteiger partial charge >= 0.3 is 0 Å². The molecule has 0 saturated carbocycles. The molecule has 82 valence electrons. The van der Waals surface area contributed by atoms with Crippen LogP contribution in [0.1, 0.15) is 43.3 Å². The summed E-state index contributed by atoms with van der Waals surface area (Å²) in [7, 11) is 0. The Morgan fingerprint density at radius 3 is 3.07 bits per heavy atom. The van der Waals surface area contributed by atoms with Crippen LogP contribution in [0.4, 0.5) is 0 Å². The summed E-state index contributed by atoms with van der Waals surface area (Å²) in [5.41, 5.74) is 0. The lowest BCUT2D eigenvalue weighted by molar-refractivity contribution is 0.0936. The van der Waals surface area contributed by atoms with Crippen LogP contribution in [0.2, 0.25) is 0 Å². The third-order valence-corrected chi connectivity index (χ3v) is 2.82. The van der Waals surface area contributed by atoms with E-state index in [1.165, 1.54) is 0 Å². The van der Waals surface area contributed by atoms with Gasteiger partial charge in [-0.05, 0) is 33.2 Å². The molecule has 0 radical (unpaired) electrons. The van der Waals surface area contributed by atoms with Crippen LogP contribution in [0.5, 0.6) is 0 Å². The Morgan fingerprint density at radius 2 is 2.47 bits per heavy atom. The third-order valence-electron chi connectivity index (χ3n) is 2.82. The Hall–Kier alpha value is -1.16. The highest BCUT2D eigenvalue weighted by molar-refractivity contribution is 5.97. The number of carbonyl (C=O) groups excluding carboxylic acids is 1. The summed E-state index contributed by atoms with van der Waals surface area (Å²) in [5, 5.41) is 3.21. The first kappa shape index (κ1) is 10.4. The van der Waals surface area contributed by atoms with Crippen molar-refractivity contribution in [1.82, 2.24) is 14.9 Å². The molecule has 1 aliphatic heterocycles. The Morgan fingerprint density at radius 1 is 1.67 bits per heavy atom. The Bertz CT molecular complexity index is 350. The van der Waals surface area contributed by atoms with Gasteiger partial charge in [-0.15, -0.1) is 0 Å². The van der Waals surface area contributed by atoms with Gasteiger partial charge in [0.25, 0.3) is 0 Å². The first-order valence-corrected chi connectivity index (χ1v) is 5.50. The van der Waals surface area contributed by atoms with E-state index in [1.807, 2.05) is 10.8 Å². The van der Waals surface area contributed by atoms with Gasteiger partial charge in [0.05, 0.1) is 6.04 Å². The van der Waals surface area contributed by atoms with Gasteiger partial charge in [0.1, 0.15) is 0 Å². The molecule has 0 aliphatic carbocycles. The maximum absolute atomic E-state index is 12.1. The van der Waals surface area contributed by atoms with E-state index in [9.17, 15) is 4.79 Å². The van der Waals surface area contributed by atoms with Crippen molar-refractivity contribution in [2.75, 3.05) is 6.54 Å². The highest BCUT2D eigenvalue weighted by Crippen LogP contribution is 2.14. The van der Waals surface area contributed by atoms with Gasteiger partial charge in [0.2, 0.25) is 5.78 Å². The van der Waals surface area contributed by atoms with Crippen LogP contribution in [0.3, 0.4) is 0 Å². The van der Waals surface area contributed by atoms with Crippen molar-refractivity contribution in [3.05, 3.63) is 18.2 Å². The van der Waals surface area contributed by atoms with Crippen LogP contribution in [-0.2, 0) is 0 Å². The smallest absolute Gasteiger partial charge is 0.215 e. The number of ketones is 1. The summed E-state index contributed by atoms with van der Waals surface area (Å²) >= 11 is 0. The van der Waals surface area contributed by atoms with E-state index < -0.39 is 0 Å². The number of hydrogen-bond donors (Lipinski definition) is 1. The van der Waals surface area contributed by atoms with Gasteiger partial charge in [-0.2, -0.15) is 0 Å². The molecular formula is C11H17N3O. The average Bonchev–Trinajstić information content (AvgIpc) is 2.88. The van der Waals surface area contributed by atoms with Crippen LogP contribution in [-0.4, -0.2) is 27.9 Å². The molecule has 1 unspecified atom stereocenters. The molecule has 1 atom stereocenters. The molecule has 1 N–H and O–H groups in total. The molecule has 2 heterocycles. The Labute approximate surface area is 89.7 Å². The van der Waals surface area contributed by atoms with Crippen LogP contribution in [0.15, 0.2) is 12.4 Å². The summed E-state index contributed by atoms with van der Waals surface area (Å²) in [6.45, 7) is 5.06. The van der Waals surface area contributed by atoms with Crippen molar-refractivity contribution in [3.8, 4) is 0 Å². The lowest BCUT2D eigenvalue weighted by atomic mass is 10.1. The van der Waals surface area contributed by atoms with Crippen LogP contribution >= 0.6 is 0 Å². The molecule has 1 aromatic heterocycles. The Kier molecular flexibility index (Phi) is 2.86. The normalized spacial score (nSPS) is 21.1. The van der Waals surface area contributed by atoms with Crippen molar-refractivity contribution >= 4 is 5.78 Å². The zero-order valence-corrected chi connectivity index (χ0v) is 9.23. The first-order valence-electron chi connectivity index (χ1n) is 5.50. The largest absolute Gasteiger partial charge is 0.326 e. The molecule has 15 heavy (non-hydrogen) atoms. The molecule has 2 rings (SSSR count). The number of carbonyl (C=O) groups is 1. The van der Waals surface area contributed by atoms with Crippen LogP contribution in [0.25, 0.3) is 0 Å². The number of Topliss-reactive ketones (excluding diaryl/α,β-unsaturated/α-hetero) is 1. The second-order valence-corrected chi connectivity index (χ2v) is 4.27. The maximum Gasteiger partial charge on any atom is 0.215 e. The number of imidazole rings is 1. The first-order chi connectivity index (χ1) is 7.20. The fourth-order valence-electron chi connectivity index (χ4n) is 1.98. The summed E-state index contributed by atoms with van der Waals surface area (Å²) in [5.74, 6) is 0.718. The van der Waals surface area contributed by atoms with E-state index >= 15 is 0 Å². The zero-order valence-electron chi connectivity index (χ0n) is 9.23. The highest BCUT2D eigenvalue weighted by atomic mass is 16.1. The molecule has 0 spiro atoms. The zero-order chi connectivity index (χ0) is 10.8. The van der Waals surface area contributed by atoms with E-state index in [0.29, 0.717) is 5.82 Å². The fourth-order valence-corrected chi connectivity index (χ4v) is 1.98. The SMILES string of the molecule is CC(C)n1ccnc1C(=O)C1CCCN1. The lowest BCUT2D eigenvalue weighted by Gasteiger charge is -2.13. The number of hydrogen-bond acceptors (Lipinski definition) is 3. The molecule has 4 heteroatoms. The monoisotopic (exact) mass is 207 g/mol. The predicted molar refractivity (Wildman–Crippen MR) is 58.0 cm³/mol. The molecule has 0 bridgehead atoms. The van der Waals surface area contributed by atoms with Crippen molar-refractivity contribution < 1.29 is 4.79 Å². The van der Waals surface area contributed by atoms with E-state index in [4.69, 9.17) is 0 Å². The van der Waals surface area contributed by atoms with Crippen molar-refractivity contribution in [3.63, 3.8) is 0 Å². The molecule has 1 saturated heterocycles. The molecule has 1 aliphatic rings. The number of aromatic nitrogens is 2. The average molecular weight is 207 g/mol. The summed E-state index contributed by atoms with van der Waals surface area (Å²) in [6.07, 6.45) is 5.58. The van der Waals surface area contributed by atoms with Crippen LogP contribution < -0.4 is 5.32 Å². The van der Waals surface area contributed by atoms with Gasteiger partial charge in [-0.3, -0.25) is 4.79 Å². The topological polar surface area (TPSA) is 46.9 Å². The lowest BCUT2D eigenvalue weighted by Crippen LogP contribution is -2.32. The number of nitrogens with zero attached hydrogens (tertiary/aromatic N) is 2. The predicted octanol–water partition coefficient (Wildman–Crippen LogP) is 1.40. The number of rotatable bonds is 3. The van der Waals surface area contributed by atoms with Crippen molar-refractivity contribution in [1.29, 1.82) is 0 Å². The molecule has 0 aromatic carbocycles. The molecule has 0 amide bonds. The molecule has 4 nitrogen and oxygen atoms in total. The maximum atomic E-state index is 12.1. The third kappa shape index (κ3) is 1.95. The second kappa shape index (κ2) is 4.14. The van der Waals surface area contributed by atoms with E-state index in [1.54, 1.807) is 6.20 Å². The number of nitrogens with one attached hydrogen (secondary N) is 1. The van der Waals surface area contributed by atoms with Crippen LogP contribution in [0, 0.1) is 0 Å². The minimum absolute atomic E-state index is 0.0232. The van der Waals surface area contributed by atoms with Gasteiger partial charge in [0, 0.05) is 18.4 Å². The Balaban J connectivity index is 2.20. The van der Waals surface area contributed by atoms with Crippen molar-refractivity contribution in [2.24, 2.45) is 0 Å². The fraction of sp³-hybridized carbons (Fsp3) is 0.636. The van der Waals surface area contributed by atoms with E-state index in [-0.39, 0.29) is 17.9 Å². The van der Waals surface area contributed by atoms with E-state index in [2.05, 4.69) is 24.1 Å². The minimum atomic E-state index is -0.0232. The van der Waals surface area contributed by atoms with Gasteiger partial charge in [-0.1, -0.05) is 0 Å². The van der Waals surface area contributed by atoms with Gasteiger partial charge < -0.3 is 9.88 Å². The standard InChI is InChI=1S/C11H17N3O/c1-8(2)14-7-6-13-11(14)10(15)9-4-3-5-12-9/h6-9,12H,3-5H2,1-2H3. The van der Waals surface area contributed by atoms with Crippen molar-refractivity contribution in [2.45, 2.75) is 38.8 Å². The summed E-state index contributed by atoms with van der Waals surface area (Å²) < 4.78 is 1.93. The van der Waals surface area contributed by atoms with Gasteiger partial charge in [-0.25, -0.2) is 4.98 Å².